The van der Waals surface area contributed by atoms with E-state index in [1.165, 1.54) is 11.8 Å². The van der Waals surface area contributed by atoms with E-state index in [-0.39, 0.29) is 30.6 Å². The first-order valence-corrected chi connectivity index (χ1v) is 4.51. The molecule has 0 radical (unpaired) electrons. The minimum atomic E-state index is -0.373. The number of hydrogen-bond acceptors (Lipinski definition) is 3. The number of cyclic esters (lactones) is 1. The van der Waals surface area contributed by atoms with Gasteiger partial charge < -0.3 is 4.74 Å². The first kappa shape index (κ1) is 10.0. The Hall–Kier alpha value is -1.06. The van der Waals surface area contributed by atoms with Crippen LogP contribution in [0.1, 0.15) is 27.2 Å². The van der Waals surface area contributed by atoms with Crippen molar-refractivity contribution in [2.75, 3.05) is 6.73 Å². The highest BCUT2D eigenvalue weighted by Crippen LogP contribution is 2.21. The molecule has 4 nitrogen and oxygen atoms in total. The molecule has 2 atom stereocenters. The Morgan fingerprint density at radius 1 is 1.77 bits per heavy atom. The monoisotopic (exact) mass is 185 g/mol. The second-order valence-electron chi connectivity index (χ2n) is 3.41. The Balaban J connectivity index is 2.76. The van der Waals surface area contributed by atoms with Crippen LogP contribution in [0.2, 0.25) is 0 Å². The van der Waals surface area contributed by atoms with Gasteiger partial charge in [0.2, 0.25) is 5.91 Å². The summed E-state index contributed by atoms with van der Waals surface area (Å²) in [5.74, 6) is -0.209. The molecule has 1 heterocycles. The fourth-order valence-electron chi connectivity index (χ4n) is 1.48. The fraction of sp³-hybridized carbons (Fsp3) is 0.778. The smallest absolute Gasteiger partial charge is 0.330 e. The summed E-state index contributed by atoms with van der Waals surface area (Å²) in [6.07, 6.45) is 0.865. The lowest BCUT2D eigenvalue weighted by Crippen LogP contribution is -2.40. The highest BCUT2D eigenvalue weighted by atomic mass is 16.6. The maximum absolute atomic E-state index is 11.3. The van der Waals surface area contributed by atoms with Crippen LogP contribution in [0.25, 0.3) is 0 Å². The normalized spacial score (nSPS) is 24.4. The number of ether oxygens (including phenoxy) is 1. The van der Waals surface area contributed by atoms with Gasteiger partial charge in [-0.25, -0.2) is 4.79 Å². The van der Waals surface area contributed by atoms with Gasteiger partial charge >= 0.3 is 5.97 Å². The summed E-state index contributed by atoms with van der Waals surface area (Å²) in [4.78, 5) is 23.9. The number of esters is 1. The molecule has 74 valence electrons. The average Bonchev–Trinajstić information content (AvgIpc) is 2.46. The van der Waals surface area contributed by atoms with Gasteiger partial charge in [0.1, 0.15) is 6.04 Å². The van der Waals surface area contributed by atoms with Gasteiger partial charge in [-0.15, -0.1) is 0 Å². The zero-order chi connectivity index (χ0) is 10.0. The van der Waals surface area contributed by atoms with Gasteiger partial charge in [0.15, 0.2) is 6.73 Å². The molecule has 1 aliphatic heterocycles. The molecule has 0 aromatic rings. The third-order valence-electron chi connectivity index (χ3n) is 2.51. The number of amides is 1. The Kier molecular flexibility index (Phi) is 2.90. The van der Waals surface area contributed by atoms with Crippen LogP contribution in [0, 0.1) is 5.92 Å². The molecule has 1 amide bonds. The van der Waals surface area contributed by atoms with E-state index in [2.05, 4.69) is 0 Å². The first-order valence-electron chi connectivity index (χ1n) is 4.51. The summed E-state index contributed by atoms with van der Waals surface area (Å²) in [7, 11) is 0. The minimum absolute atomic E-state index is 0.101. The van der Waals surface area contributed by atoms with Crippen molar-refractivity contribution in [1.29, 1.82) is 0 Å². The number of carbonyl (C=O) groups is 2. The lowest BCUT2D eigenvalue weighted by atomic mass is 9.99. The third kappa shape index (κ3) is 1.82. The zero-order valence-electron chi connectivity index (χ0n) is 8.24. The average molecular weight is 185 g/mol. The van der Waals surface area contributed by atoms with E-state index in [4.69, 9.17) is 4.74 Å². The highest BCUT2D eigenvalue weighted by Gasteiger charge is 2.39. The van der Waals surface area contributed by atoms with Gasteiger partial charge in [-0.05, 0) is 5.92 Å². The maximum Gasteiger partial charge on any atom is 0.330 e. The standard InChI is InChI=1S/C9H15NO3/c1-4-6(2)8-9(12)13-5-10(8)7(3)11/h6,8H,4-5H2,1-3H3/t6?,8-/m0/s1. The fourth-order valence-corrected chi connectivity index (χ4v) is 1.48. The van der Waals surface area contributed by atoms with Crippen molar-refractivity contribution in [3.8, 4) is 0 Å². The molecule has 0 N–H and O–H groups in total. The van der Waals surface area contributed by atoms with Crippen LogP contribution in [0.3, 0.4) is 0 Å². The van der Waals surface area contributed by atoms with Crippen LogP contribution in [-0.4, -0.2) is 29.5 Å². The predicted octanol–water partition coefficient (Wildman–Crippen LogP) is 0.764. The summed E-state index contributed by atoms with van der Waals surface area (Å²) in [6, 6.07) is -0.373. The van der Waals surface area contributed by atoms with Crippen molar-refractivity contribution in [2.24, 2.45) is 5.92 Å². The molecule has 1 rings (SSSR count). The zero-order valence-corrected chi connectivity index (χ0v) is 8.24. The van der Waals surface area contributed by atoms with Crippen molar-refractivity contribution >= 4 is 11.9 Å². The lowest BCUT2D eigenvalue weighted by Gasteiger charge is -2.22. The van der Waals surface area contributed by atoms with Crippen molar-refractivity contribution in [2.45, 2.75) is 33.2 Å². The predicted molar refractivity (Wildman–Crippen MR) is 46.7 cm³/mol. The number of rotatable bonds is 2. The van der Waals surface area contributed by atoms with E-state index in [0.29, 0.717) is 0 Å². The maximum atomic E-state index is 11.3. The molecule has 0 aliphatic carbocycles. The Morgan fingerprint density at radius 2 is 2.38 bits per heavy atom. The molecule has 0 aromatic heterocycles. The molecule has 0 spiro atoms. The van der Waals surface area contributed by atoms with E-state index in [1.807, 2.05) is 13.8 Å². The molecule has 0 saturated carbocycles. The van der Waals surface area contributed by atoms with E-state index in [0.717, 1.165) is 6.42 Å². The topological polar surface area (TPSA) is 46.6 Å². The van der Waals surface area contributed by atoms with Crippen LogP contribution in [-0.2, 0) is 14.3 Å². The molecule has 0 bridgehead atoms. The molecule has 13 heavy (non-hydrogen) atoms. The summed E-state index contributed by atoms with van der Waals surface area (Å²) in [5, 5.41) is 0. The number of carbonyl (C=O) groups excluding carboxylic acids is 2. The van der Waals surface area contributed by atoms with Crippen LogP contribution in [0.4, 0.5) is 0 Å². The van der Waals surface area contributed by atoms with E-state index in [1.54, 1.807) is 0 Å². The van der Waals surface area contributed by atoms with Gasteiger partial charge in [-0.2, -0.15) is 0 Å². The van der Waals surface area contributed by atoms with Crippen LogP contribution in [0.5, 0.6) is 0 Å². The van der Waals surface area contributed by atoms with Crippen molar-refractivity contribution < 1.29 is 14.3 Å². The van der Waals surface area contributed by atoms with Gasteiger partial charge in [0.05, 0.1) is 0 Å². The quantitative estimate of drug-likeness (QED) is 0.597. The third-order valence-corrected chi connectivity index (χ3v) is 2.51. The van der Waals surface area contributed by atoms with Gasteiger partial charge in [-0.3, -0.25) is 9.69 Å². The van der Waals surface area contributed by atoms with Crippen LogP contribution < -0.4 is 0 Å². The summed E-state index contributed by atoms with van der Waals surface area (Å²) in [5.41, 5.74) is 0. The SMILES string of the molecule is CCC(C)[C@H]1C(=O)OCN1C(C)=O. The first-order chi connectivity index (χ1) is 6.07. The Morgan fingerprint density at radius 3 is 2.85 bits per heavy atom. The van der Waals surface area contributed by atoms with Gasteiger partial charge in [0.25, 0.3) is 0 Å². The van der Waals surface area contributed by atoms with Gasteiger partial charge in [0, 0.05) is 6.92 Å². The number of hydrogen-bond donors (Lipinski definition) is 0. The summed E-state index contributed by atoms with van der Waals surface area (Å²) < 4.78 is 4.83. The number of nitrogens with zero attached hydrogens (tertiary/aromatic N) is 1. The molecule has 0 aromatic carbocycles. The van der Waals surface area contributed by atoms with Crippen LogP contribution in [0.15, 0.2) is 0 Å². The van der Waals surface area contributed by atoms with E-state index < -0.39 is 0 Å². The van der Waals surface area contributed by atoms with Gasteiger partial charge in [-0.1, -0.05) is 20.3 Å². The molecule has 1 fully saturated rings. The highest BCUT2D eigenvalue weighted by molar-refractivity contribution is 5.85. The summed E-state index contributed by atoms with van der Waals surface area (Å²) >= 11 is 0. The van der Waals surface area contributed by atoms with Crippen molar-refractivity contribution in [3.63, 3.8) is 0 Å². The van der Waals surface area contributed by atoms with Crippen LogP contribution >= 0.6 is 0 Å². The van der Waals surface area contributed by atoms with Crippen molar-refractivity contribution in [1.82, 2.24) is 4.90 Å². The Labute approximate surface area is 77.8 Å². The molecule has 1 aliphatic rings. The lowest BCUT2D eigenvalue weighted by molar-refractivity contribution is -0.140. The molecule has 4 heteroatoms. The van der Waals surface area contributed by atoms with E-state index >= 15 is 0 Å². The summed E-state index contributed by atoms with van der Waals surface area (Å²) in [6.45, 7) is 5.52. The molecule has 1 saturated heterocycles. The largest absolute Gasteiger partial charge is 0.443 e. The molecular formula is C9H15NO3. The molecule has 1 unspecified atom stereocenters. The van der Waals surface area contributed by atoms with E-state index in [9.17, 15) is 9.59 Å². The van der Waals surface area contributed by atoms with Crippen molar-refractivity contribution in [3.05, 3.63) is 0 Å². The Bertz CT molecular complexity index is 227. The second-order valence-corrected chi connectivity index (χ2v) is 3.41. The molecular weight excluding hydrogens is 170 g/mol. The second kappa shape index (κ2) is 3.77. The minimum Gasteiger partial charge on any atom is -0.443 e.